The number of rotatable bonds is 7. The Morgan fingerprint density at radius 2 is 1.74 bits per heavy atom. The van der Waals surface area contributed by atoms with Gasteiger partial charge in [-0.2, -0.15) is 9.41 Å². The van der Waals surface area contributed by atoms with Gasteiger partial charge < -0.3 is 4.74 Å². The minimum atomic E-state index is -3.54. The minimum Gasteiger partial charge on any atom is -0.496 e. The van der Waals surface area contributed by atoms with Gasteiger partial charge in [-0.05, 0) is 42.5 Å². The summed E-state index contributed by atoms with van der Waals surface area (Å²) in [7, 11) is -1.97. The van der Waals surface area contributed by atoms with Crippen molar-refractivity contribution in [2.45, 2.75) is 4.90 Å². The van der Waals surface area contributed by atoms with Gasteiger partial charge in [0, 0.05) is 40.7 Å². The number of nitrogens with zero attached hydrogens (tertiary/aromatic N) is 3. The Hall–Kier alpha value is -1.79. The van der Waals surface area contributed by atoms with Crippen LogP contribution in [0.5, 0.6) is 5.75 Å². The summed E-state index contributed by atoms with van der Waals surface area (Å²) in [5.41, 5.74) is 3.23. The van der Waals surface area contributed by atoms with Gasteiger partial charge >= 0.3 is 0 Å². The highest BCUT2D eigenvalue weighted by Gasteiger charge is 2.28. The van der Waals surface area contributed by atoms with E-state index in [0.29, 0.717) is 31.9 Å². The van der Waals surface area contributed by atoms with E-state index in [1.165, 1.54) is 10.5 Å². The maximum Gasteiger partial charge on any atom is 0.254 e. The van der Waals surface area contributed by atoms with Crippen molar-refractivity contribution >= 4 is 54.0 Å². The van der Waals surface area contributed by atoms with E-state index < -0.39 is 10.0 Å². The topological polar surface area (TPSA) is 91.3 Å². The fraction of sp³-hybridized carbons (Fsp3) is 0.300. The summed E-state index contributed by atoms with van der Waals surface area (Å²) in [6.45, 7) is 1.71. The van der Waals surface area contributed by atoms with Crippen molar-refractivity contribution in [2.75, 3.05) is 39.8 Å². The van der Waals surface area contributed by atoms with E-state index in [1.54, 1.807) is 37.4 Å². The van der Waals surface area contributed by atoms with Gasteiger partial charge in [0.2, 0.25) is 10.0 Å². The van der Waals surface area contributed by atoms with E-state index in [-0.39, 0.29) is 17.3 Å². The number of halogens is 2. The van der Waals surface area contributed by atoms with E-state index in [2.05, 4.69) is 42.4 Å². The molecule has 0 radical (unpaired) electrons. The molecule has 1 amide bonds. The molecule has 2 aromatic rings. The van der Waals surface area contributed by atoms with Crippen LogP contribution in [0.2, 0.25) is 0 Å². The van der Waals surface area contributed by atoms with Crippen LogP contribution in [-0.4, -0.2) is 69.6 Å². The van der Waals surface area contributed by atoms with Crippen molar-refractivity contribution < 1.29 is 17.9 Å². The normalized spacial score (nSPS) is 15.8. The molecule has 31 heavy (non-hydrogen) atoms. The van der Waals surface area contributed by atoms with E-state index in [1.807, 2.05) is 17.0 Å². The van der Waals surface area contributed by atoms with Gasteiger partial charge in [-0.3, -0.25) is 9.69 Å². The maximum absolute atomic E-state index is 12.8. The van der Waals surface area contributed by atoms with Crippen LogP contribution in [0.4, 0.5) is 0 Å². The Bertz CT molecular complexity index is 1050. The molecule has 1 fully saturated rings. The molecule has 0 aromatic heterocycles. The lowest BCUT2D eigenvalue weighted by atomic mass is 10.2. The fourth-order valence-electron chi connectivity index (χ4n) is 3.10. The number of methoxy groups -OCH3 is 1. The standard InChI is InChI=1S/C20H22Br2N4O4S/c1-30-19-7-4-17(22)12-15(19)13-23-24-20(27)14-25-8-10-26(11-9-25)31(28,29)18-5-2-16(21)3-6-18/h2-7,12-13H,8-11,14H2,1H3,(H,24,27)/b23-13-. The van der Waals surface area contributed by atoms with Crippen molar-refractivity contribution in [1.29, 1.82) is 0 Å². The third-order valence-electron chi connectivity index (χ3n) is 4.73. The first-order valence-corrected chi connectivity index (χ1v) is 12.5. The summed E-state index contributed by atoms with van der Waals surface area (Å²) in [4.78, 5) is 14.4. The zero-order chi connectivity index (χ0) is 22.4. The number of piperazine rings is 1. The number of amides is 1. The largest absolute Gasteiger partial charge is 0.496 e. The molecular formula is C20H22Br2N4O4S. The van der Waals surface area contributed by atoms with Gasteiger partial charge in [-0.1, -0.05) is 31.9 Å². The fourth-order valence-corrected chi connectivity index (χ4v) is 5.17. The lowest BCUT2D eigenvalue weighted by Gasteiger charge is -2.33. The second-order valence-electron chi connectivity index (χ2n) is 6.81. The van der Waals surface area contributed by atoms with Crippen LogP contribution < -0.4 is 10.2 Å². The first-order valence-electron chi connectivity index (χ1n) is 9.43. The lowest BCUT2D eigenvalue weighted by molar-refractivity contribution is -0.122. The maximum atomic E-state index is 12.8. The van der Waals surface area contributed by atoms with Gasteiger partial charge in [0.25, 0.3) is 5.91 Å². The molecule has 0 unspecified atom stereocenters. The number of hydrogen-bond acceptors (Lipinski definition) is 6. The van der Waals surface area contributed by atoms with Crippen molar-refractivity contribution in [1.82, 2.24) is 14.6 Å². The van der Waals surface area contributed by atoms with Gasteiger partial charge in [0.05, 0.1) is 24.8 Å². The molecule has 1 aliphatic heterocycles. The van der Waals surface area contributed by atoms with Crippen molar-refractivity contribution in [3.8, 4) is 5.75 Å². The Labute approximate surface area is 198 Å². The zero-order valence-corrected chi connectivity index (χ0v) is 20.8. The van der Waals surface area contributed by atoms with Gasteiger partial charge in [-0.25, -0.2) is 13.8 Å². The quantitative estimate of drug-likeness (QED) is 0.406. The highest BCUT2D eigenvalue weighted by atomic mass is 79.9. The average Bonchev–Trinajstić information content (AvgIpc) is 2.74. The Morgan fingerprint density at radius 1 is 1.10 bits per heavy atom. The minimum absolute atomic E-state index is 0.138. The van der Waals surface area contributed by atoms with Gasteiger partial charge in [0.1, 0.15) is 5.75 Å². The first-order chi connectivity index (χ1) is 14.8. The van der Waals surface area contributed by atoms with Crippen LogP contribution in [0.3, 0.4) is 0 Å². The predicted octanol–water partition coefficient (Wildman–Crippen LogP) is 2.68. The van der Waals surface area contributed by atoms with Crippen LogP contribution in [0, 0.1) is 0 Å². The molecular weight excluding hydrogens is 552 g/mol. The van der Waals surface area contributed by atoms with Crippen molar-refractivity contribution in [3.05, 3.63) is 57.0 Å². The third-order valence-corrected chi connectivity index (χ3v) is 7.67. The second-order valence-corrected chi connectivity index (χ2v) is 10.6. The third kappa shape index (κ3) is 6.36. The molecule has 1 heterocycles. The first kappa shape index (κ1) is 23.9. The smallest absolute Gasteiger partial charge is 0.254 e. The number of ether oxygens (including phenoxy) is 1. The SMILES string of the molecule is COc1ccc(Br)cc1/C=N\NC(=O)CN1CCN(S(=O)(=O)c2ccc(Br)cc2)CC1. The molecule has 0 atom stereocenters. The van der Waals surface area contributed by atoms with Crippen LogP contribution in [0.25, 0.3) is 0 Å². The molecule has 1 aliphatic rings. The molecule has 0 aliphatic carbocycles. The number of carbonyl (C=O) groups excluding carboxylic acids is 1. The van der Waals surface area contributed by atoms with Crippen LogP contribution in [0.15, 0.2) is 61.4 Å². The van der Waals surface area contributed by atoms with E-state index >= 15 is 0 Å². The number of benzene rings is 2. The summed E-state index contributed by atoms with van der Waals surface area (Å²) in [6.07, 6.45) is 1.52. The molecule has 1 saturated heterocycles. The van der Waals surface area contributed by atoms with Crippen molar-refractivity contribution in [3.63, 3.8) is 0 Å². The molecule has 0 bridgehead atoms. The molecule has 166 valence electrons. The van der Waals surface area contributed by atoms with Crippen LogP contribution >= 0.6 is 31.9 Å². The summed E-state index contributed by atoms with van der Waals surface area (Å²) >= 11 is 6.70. The average molecular weight is 574 g/mol. The van der Waals surface area contributed by atoms with Crippen LogP contribution in [-0.2, 0) is 14.8 Å². The number of hydrogen-bond donors (Lipinski definition) is 1. The molecule has 11 heteroatoms. The van der Waals surface area contributed by atoms with E-state index in [4.69, 9.17) is 4.74 Å². The molecule has 0 saturated carbocycles. The summed E-state index contributed by atoms with van der Waals surface area (Å²) in [6, 6.07) is 12.1. The molecule has 3 rings (SSSR count). The number of hydrazone groups is 1. The second kappa shape index (κ2) is 10.7. The summed E-state index contributed by atoms with van der Waals surface area (Å²) in [5.74, 6) is 0.374. The Morgan fingerprint density at radius 3 is 2.39 bits per heavy atom. The van der Waals surface area contributed by atoms with Crippen molar-refractivity contribution in [2.24, 2.45) is 5.10 Å². The lowest BCUT2D eigenvalue weighted by Crippen LogP contribution is -2.50. The van der Waals surface area contributed by atoms with Gasteiger partial charge in [0.15, 0.2) is 0 Å². The monoisotopic (exact) mass is 572 g/mol. The summed E-state index contributed by atoms with van der Waals surface area (Å²) < 4.78 is 33.9. The number of carbonyl (C=O) groups is 1. The molecule has 0 spiro atoms. The molecule has 2 aromatic carbocycles. The molecule has 1 N–H and O–H groups in total. The van der Waals surface area contributed by atoms with Gasteiger partial charge in [-0.15, -0.1) is 0 Å². The highest BCUT2D eigenvalue weighted by molar-refractivity contribution is 9.10. The number of sulfonamides is 1. The highest BCUT2D eigenvalue weighted by Crippen LogP contribution is 2.21. The summed E-state index contributed by atoms with van der Waals surface area (Å²) in [5, 5.41) is 4.00. The van der Waals surface area contributed by atoms with Crippen LogP contribution in [0.1, 0.15) is 5.56 Å². The predicted molar refractivity (Wildman–Crippen MR) is 126 cm³/mol. The van der Waals surface area contributed by atoms with E-state index in [0.717, 1.165) is 14.5 Å². The van der Waals surface area contributed by atoms with E-state index in [9.17, 15) is 13.2 Å². The Balaban J connectivity index is 1.50. The Kier molecular flexibility index (Phi) is 8.23. The molecule has 8 nitrogen and oxygen atoms in total. The number of nitrogens with one attached hydrogen (secondary N) is 1. The zero-order valence-electron chi connectivity index (χ0n) is 16.8.